The van der Waals surface area contributed by atoms with Gasteiger partial charge in [0.05, 0.1) is 11.3 Å². The van der Waals surface area contributed by atoms with Gasteiger partial charge in [-0.15, -0.1) is 0 Å². The fraction of sp³-hybridized carbons (Fsp3) is 0.455. The zero-order valence-corrected chi connectivity index (χ0v) is 11.0. The Kier molecular flexibility index (Phi) is 3.81. The van der Waals surface area contributed by atoms with Crippen molar-refractivity contribution in [1.29, 1.82) is 0 Å². The summed E-state index contributed by atoms with van der Waals surface area (Å²) in [5, 5.41) is 14.9. The van der Waals surface area contributed by atoms with E-state index in [9.17, 15) is 13.5 Å². The minimum Gasteiger partial charge on any atom is -0.389 e. The van der Waals surface area contributed by atoms with Crippen LogP contribution in [0.3, 0.4) is 0 Å². The van der Waals surface area contributed by atoms with Crippen molar-refractivity contribution >= 4 is 15.7 Å². The number of nitrogens with two attached hydrogens (primary N) is 1. The van der Waals surface area contributed by atoms with Crippen LogP contribution >= 0.6 is 0 Å². The highest BCUT2D eigenvalue weighted by Crippen LogP contribution is 2.24. The first-order chi connectivity index (χ1) is 7.61. The summed E-state index contributed by atoms with van der Waals surface area (Å²) in [6.45, 7) is 3.62. The van der Waals surface area contributed by atoms with Gasteiger partial charge in [-0.3, -0.25) is 0 Å². The van der Waals surface area contributed by atoms with Gasteiger partial charge in [-0.2, -0.15) is 0 Å². The molecule has 1 aromatic carbocycles. The summed E-state index contributed by atoms with van der Waals surface area (Å²) in [7, 11) is -2.05. The largest absolute Gasteiger partial charge is 0.389 e. The lowest BCUT2D eigenvalue weighted by atomic mass is 10.1. The van der Waals surface area contributed by atoms with Crippen LogP contribution in [0.1, 0.15) is 13.8 Å². The third kappa shape index (κ3) is 3.99. The summed E-state index contributed by atoms with van der Waals surface area (Å²) < 4.78 is 22.8. The topological polar surface area (TPSA) is 83.6 Å². The normalized spacial score (nSPS) is 12.5. The first kappa shape index (κ1) is 14.0. The van der Waals surface area contributed by atoms with Gasteiger partial charge in [0.25, 0.3) is 0 Å². The van der Waals surface area contributed by atoms with Crippen molar-refractivity contribution in [3.63, 3.8) is 0 Å². The average Bonchev–Trinajstić information content (AvgIpc) is 2.13. The van der Waals surface area contributed by atoms with E-state index in [2.05, 4.69) is 0 Å². The van der Waals surface area contributed by atoms with Crippen molar-refractivity contribution in [2.45, 2.75) is 24.3 Å². The second-order valence-electron chi connectivity index (χ2n) is 4.68. The van der Waals surface area contributed by atoms with Gasteiger partial charge in [-0.05, 0) is 26.0 Å². The molecule has 1 aromatic rings. The predicted molar refractivity (Wildman–Crippen MR) is 67.4 cm³/mol. The van der Waals surface area contributed by atoms with E-state index in [0.717, 1.165) is 0 Å². The van der Waals surface area contributed by atoms with E-state index >= 15 is 0 Å². The van der Waals surface area contributed by atoms with E-state index in [-0.39, 0.29) is 4.90 Å². The van der Waals surface area contributed by atoms with Crippen LogP contribution in [0.4, 0.5) is 5.69 Å². The van der Waals surface area contributed by atoms with Crippen LogP contribution in [0.15, 0.2) is 29.2 Å². The van der Waals surface area contributed by atoms with E-state index in [4.69, 9.17) is 5.14 Å². The quantitative estimate of drug-likeness (QED) is 0.825. The number of anilines is 1. The molecule has 0 saturated carbocycles. The molecule has 0 heterocycles. The summed E-state index contributed by atoms with van der Waals surface area (Å²) in [5.41, 5.74) is -0.433. The van der Waals surface area contributed by atoms with Gasteiger partial charge in [-0.25, -0.2) is 13.6 Å². The highest BCUT2D eigenvalue weighted by Gasteiger charge is 2.20. The van der Waals surface area contributed by atoms with E-state index in [1.54, 1.807) is 44.0 Å². The van der Waals surface area contributed by atoms with Crippen molar-refractivity contribution in [2.75, 3.05) is 18.5 Å². The number of rotatable bonds is 4. The number of para-hydroxylation sites is 1. The fourth-order valence-corrected chi connectivity index (χ4v) is 2.46. The van der Waals surface area contributed by atoms with Crippen LogP contribution in [0, 0.1) is 0 Å². The van der Waals surface area contributed by atoms with Crippen LogP contribution in [-0.4, -0.2) is 32.7 Å². The molecule has 0 radical (unpaired) electrons. The Bertz CT molecular complexity index is 492. The maximum absolute atomic E-state index is 11.4. The Morgan fingerprint density at radius 1 is 1.35 bits per heavy atom. The number of likely N-dealkylation sites (N-methyl/N-ethyl adjacent to an activating group) is 1. The fourth-order valence-electron chi connectivity index (χ4n) is 1.68. The Morgan fingerprint density at radius 3 is 2.35 bits per heavy atom. The molecule has 3 N–H and O–H groups in total. The van der Waals surface area contributed by atoms with E-state index in [1.807, 2.05) is 0 Å². The number of aliphatic hydroxyl groups is 1. The van der Waals surface area contributed by atoms with E-state index in [1.165, 1.54) is 6.07 Å². The maximum Gasteiger partial charge on any atom is 0.240 e. The number of nitrogens with zero attached hydrogens (tertiary/aromatic N) is 1. The third-order valence-corrected chi connectivity index (χ3v) is 3.17. The highest BCUT2D eigenvalue weighted by molar-refractivity contribution is 7.89. The zero-order valence-electron chi connectivity index (χ0n) is 10.2. The lowest BCUT2D eigenvalue weighted by Gasteiger charge is -2.28. The minimum atomic E-state index is -3.76. The third-order valence-electron chi connectivity index (χ3n) is 2.21. The second kappa shape index (κ2) is 4.64. The van der Waals surface area contributed by atoms with Crippen molar-refractivity contribution in [1.82, 2.24) is 0 Å². The summed E-state index contributed by atoms with van der Waals surface area (Å²) in [6, 6.07) is 6.45. The van der Waals surface area contributed by atoms with Crippen LogP contribution in [0.25, 0.3) is 0 Å². The monoisotopic (exact) mass is 258 g/mol. The van der Waals surface area contributed by atoms with E-state index < -0.39 is 15.6 Å². The zero-order chi connectivity index (χ0) is 13.3. The van der Waals surface area contributed by atoms with Crippen molar-refractivity contribution in [3.8, 4) is 0 Å². The Morgan fingerprint density at radius 2 is 1.88 bits per heavy atom. The molecule has 6 heteroatoms. The molecule has 0 atom stereocenters. The molecule has 0 fully saturated rings. The standard InChI is InChI=1S/C11H18N2O3S/c1-11(2,14)8-13(3)9-6-4-5-7-10(9)17(12,15)16/h4-7,14H,8H2,1-3H3,(H2,12,15,16). The van der Waals surface area contributed by atoms with Gasteiger partial charge in [-0.1, -0.05) is 12.1 Å². The van der Waals surface area contributed by atoms with Crippen molar-refractivity contribution < 1.29 is 13.5 Å². The lowest BCUT2D eigenvalue weighted by Crippen LogP contribution is -2.37. The first-order valence-corrected chi connectivity index (χ1v) is 6.71. The molecule has 5 nitrogen and oxygen atoms in total. The van der Waals surface area contributed by atoms with Crippen LogP contribution in [0.2, 0.25) is 0 Å². The first-order valence-electron chi connectivity index (χ1n) is 5.16. The van der Waals surface area contributed by atoms with Crippen LogP contribution in [-0.2, 0) is 10.0 Å². The van der Waals surface area contributed by atoms with Crippen LogP contribution in [0.5, 0.6) is 0 Å². The molecule has 0 aliphatic rings. The van der Waals surface area contributed by atoms with Gasteiger partial charge in [0.2, 0.25) is 10.0 Å². The van der Waals surface area contributed by atoms with Crippen molar-refractivity contribution in [2.24, 2.45) is 5.14 Å². The smallest absolute Gasteiger partial charge is 0.240 e. The average molecular weight is 258 g/mol. The Balaban J connectivity index is 3.15. The molecule has 0 bridgehead atoms. The molecule has 0 aromatic heterocycles. The summed E-state index contributed by atoms with van der Waals surface area (Å²) in [6.07, 6.45) is 0. The molecule has 0 spiro atoms. The second-order valence-corrected chi connectivity index (χ2v) is 6.21. The number of hydrogen-bond acceptors (Lipinski definition) is 4. The van der Waals surface area contributed by atoms with Gasteiger partial charge in [0.15, 0.2) is 0 Å². The summed E-state index contributed by atoms with van der Waals surface area (Å²) in [5.74, 6) is 0. The molecular weight excluding hydrogens is 240 g/mol. The molecular formula is C11H18N2O3S. The van der Waals surface area contributed by atoms with Crippen molar-refractivity contribution in [3.05, 3.63) is 24.3 Å². The maximum atomic E-state index is 11.4. The molecule has 0 saturated heterocycles. The molecule has 17 heavy (non-hydrogen) atoms. The lowest BCUT2D eigenvalue weighted by molar-refractivity contribution is 0.0885. The number of hydrogen-bond donors (Lipinski definition) is 2. The number of sulfonamides is 1. The minimum absolute atomic E-state index is 0.0618. The SMILES string of the molecule is CN(CC(C)(C)O)c1ccccc1S(N)(=O)=O. The molecule has 0 unspecified atom stereocenters. The molecule has 0 aliphatic heterocycles. The number of primary sulfonamides is 1. The molecule has 1 rings (SSSR count). The highest BCUT2D eigenvalue weighted by atomic mass is 32.2. The molecule has 0 aliphatic carbocycles. The van der Waals surface area contributed by atoms with Gasteiger partial charge in [0.1, 0.15) is 4.90 Å². The van der Waals surface area contributed by atoms with Crippen LogP contribution < -0.4 is 10.0 Å². The Labute approximate surface area is 102 Å². The summed E-state index contributed by atoms with van der Waals surface area (Å²) >= 11 is 0. The van der Waals surface area contributed by atoms with Gasteiger partial charge >= 0.3 is 0 Å². The molecule has 0 amide bonds. The molecule has 96 valence electrons. The van der Waals surface area contributed by atoms with Gasteiger partial charge in [0, 0.05) is 13.6 Å². The predicted octanol–water partition coefficient (Wildman–Crippen LogP) is 0.541. The van der Waals surface area contributed by atoms with Gasteiger partial charge < -0.3 is 10.0 Å². The van der Waals surface area contributed by atoms with E-state index in [0.29, 0.717) is 12.2 Å². The number of benzene rings is 1. The summed E-state index contributed by atoms with van der Waals surface area (Å²) in [4.78, 5) is 1.73. The Hall–Kier alpha value is -1.11.